The Balaban J connectivity index is 2.36. The van der Waals surface area contributed by atoms with E-state index in [0.29, 0.717) is 32.5 Å². The molecule has 0 aliphatic carbocycles. The second-order valence-electron chi connectivity index (χ2n) is 3.91. The Morgan fingerprint density at radius 3 is 2.54 bits per heavy atom. The van der Waals surface area contributed by atoms with Crippen LogP contribution in [0.25, 0.3) is 0 Å². The van der Waals surface area contributed by atoms with E-state index in [1.807, 2.05) is 6.92 Å². The minimum atomic E-state index is -0.573. The third-order valence-electron chi connectivity index (χ3n) is 2.52. The standard InChI is InChI=1S/C9H18N2O2/c1-9(13)3-5-11(6-4-9)8(12)7-10-2/h10,13H,3-7H2,1-2H3. The Kier molecular flexibility index (Phi) is 3.27. The first kappa shape index (κ1) is 10.5. The molecule has 0 radical (unpaired) electrons. The molecule has 1 saturated heterocycles. The van der Waals surface area contributed by atoms with Gasteiger partial charge < -0.3 is 15.3 Å². The van der Waals surface area contributed by atoms with Gasteiger partial charge in [0.1, 0.15) is 0 Å². The molecule has 4 heteroatoms. The number of carbonyl (C=O) groups excluding carboxylic acids is 1. The number of aliphatic hydroxyl groups is 1. The predicted molar refractivity (Wildman–Crippen MR) is 50.4 cm³/mol. The second-order valence-corrected chi connectivity index (χ2v) is 3.91. The minimum Gasteiger partial charge on any atom is -0.390 e. The van der Waals surface area contributed by atoms with Crippen LogP contribution in [0.1, 0.15) is 19.8 Å². The molecule has 0 unspecified atom stereocenters. The molecule has 1 aliphatic heterocycles. The first-order chi connectivity index (χ1) is 6.05. The lowest BCUT2D eigenvalue weighted by Gasteiger charge is -2.35. The maximum Gasteiger partial charge on any atom is 0.236 e. The van der Waals surface area contributed by atoms with Crippen LogP contribution in [0.4, 0.5) is 0 Å². The lowest BCUT2D eigenvalue weighted by Crippen LogP contribution is -2.47. The molecular weight excluding hydrogens is 168 g/mol. The fraction of sp³-hybridized carbons (Fsp3) is 0.889. The zero-order valence-electron chi connectivity index (χ0n) is 8.34. The van der Waals surface area contributed by atoms with E-state index in [2.05, 4.69) is 5.32 Å². The number of nitrogens with one attached hydrogen (secondary N) is 1. The highest BCUT2D eigenvalue weighted by Gasteiger charge is 2.28. The van der Waals surface area contributed by atoms with Crippen LogP contribution in [0.5, 0.6) is 0 Å². The summed E-state index contributed by atoms with van der Waals surface area (Å²) in [5.74, 6) is 0.123. The van der Waals surface area contributed by atoms with E-state index < -0.39 is 5.60 Å². The van der Waals surface area contributed by atoms with Gasteiger partial charge in [-0.15, -0.1) is 0 Å². The quantitative estimate of drug-likeness (QED) is 0.616. The van der Waals surface area contributed by atoms with Gasteiger partial charge in [-0.3, -0.25) is 4.79 Å². The summed E-state index contributed by atoms with van der Waals surface area (Å²) in [5, 5.41) is 12.5. The summed E-state index contributed by atoms with van der Waals surface area (Å²) in [7, 11) is 1.76. The lowest BCUT2D eigenvalue weighted by molar-refractivity contribution is -0.133. The van der Waals surface area contributed by atoms with Crippen LogP contribution in [-0.2, 0) is 4.79 Å². The van der Waals surface area contributed by atoms with Gasteiger partial charge in [0, 0.05) is 13.1 Å². The van der Waals surface area contributed by atoms with E-state index in [0.717, 1.165) is 0 Å². The number of carbonyl (C=O) groups is 1. The van der Waals surface area contributed by atoms with Crippen molar-refractivity contribution in [3.8, 4) is 0 Å². The molecule has 0 aromatic heterocycles. The Labute approximate surface area is 78.9 Å². The Morgan fingerprint density at radius 1 is 1.54 bits per heavy atom. The molecule has 76 valence electrons. The number of rotatable bonds is 2. The molecule has 0 saturated carbocycles. The third kappa shape index (κ3) is 2.97. The summed E-state index contributed by atoms with van der Waals surface area (Å²) < 4.78 is 0. The number of amides is 1. The average molecular weight is 186 g/mol. The van der Waals surface area contributed by atoms with Gasteiger partial charge in [-0.05, 0) is 26.8 Å². The van der Waals surface area contributed by atoms with Crippen molar-refractivity contribution >= 4 is 5.91 Å². The van der Waals surface area contributed by atoms with Crippen molar-refractivity contribution in [3.63, 3.8) is 0 Å². The summed E-state index contributed by atoms with van der Waals surface area (Å²) >= 11 is 0. The Hall–Kier alpha value is -0.610. The van der Waals surface area contributed by atoms with Gasteiger partial charge in [-0.2, -0.15) is 0 Å². The smallest absolute Gasteiger partial charge is 0.236 e. The van der Waals surface area contributed by atoms with Crippen LogP contribution in [0.2, 0.25) is 0 Å². The van der Waals surface area contributed by atoms with Crippen LogP contribution in [0.15, 0.2) is 0 Å². The van der Waals surface area contributed by atoms with Crippen molar-refractivity contribution in [3.05, 3.63) is 0 Å². The second kappa shape index (κ2) is 4.07. The fourth-order valence-electron chi connectivity index (χ4n) is 1.50. The van der Waals surface area contributed by atoms with Gasteiger partial charge in [-0.25, -0.2) is 0 Å². The lowest BCUT2D eigenvalue weighted by atomic mass is 9.94. The van der Waals surface area contributed by atoms with E-state index in [1.165, 1.54) is 0 Å². The molecule has 0 bridgehead atoms. The molecule has 1 amide bonds. The summed E-state index contributed by atoms with van der Waals surface area (Å²) in [6, 6.07) is 0. The predicted octanol–water partition coefficient (Wildman–Crippen LogP) is -0.421. The highest BCUT2D eigenvalue weighted by Crippen LogP contribution is 2.20. The van der Waals surface area contributed by atoms with Crippen molar-refractivity contribution in [1.29, 1.82) is 0 Å². The largest absolute Gasteiger partial charge is 0.390 e. The number of hydrogen-bond donors (Lipinski definition) is 2. The number of nitrogens with zero attached hydrogens (tertiary/aromatic N) is 1. The first-order valence-corrected chi connectivity index (χ1v) is 4.70. The number of likely N-dealkylation sites (N-methyl/N-ethyl adjacent to an activating group) is 1. The number of piperidine rings is 1. The molecule has 13 heavy (non-hydrogen) atoms. The SMILES string of the molecule is CNCC(=O)N1CCC(C)(O)CC1. The van der Waals surface area contributed by atoms with Gasteiger partial charge in [0.05, 0.1) is 12.1 Å². The molecular formula is C9H18N2O2. The maximum atomic E-state index is 11.4. The van der Waals surface area contributed by atoms with E-state index in [4.69, 9.17) is 0 Å². The van der Waals surface area contributed by atoms with Gasteiger partial charge in [0.25, 0.3) is 0 Å². The van der Waals surface area contributed by atoms with Gasteiger partial charge in [0.2, 0.25) is 5.91 Å². The van der Waals surface area contributed by atoms with Crippen molar-refractivity contribution in [2.75, 3.05) is 26.7 Å². The van der Waals surface area contributed by atoms with E-state index in [1.54, 1.807) is 11.9 Å². The van der Waals surface area contributed by atoms with Crippen LogP contribution in [0.3, 0.4) is 0 Å². The highest BCUT2D eigenvalue weighted by molar-refractivity contribution is 5.78. The number of hydrogen-bond acceptors (Lipinski definition) is 3. The molecule has 4 nitrogen and oxygen atoms in total. The molecule has 0 aromatic carbocycles. The summed E-state index contributed by atoms with van der Waals surface area (Å²) in [4.78, 5) is 13.2. The maximum absolute atomic E-state index is 11.4. The van der Waals surface area contributed by atoms with Crippen molar-refractivity contribution < 1.29 is 9.90 Å². The molecule has 1 heterocycles. The zero-order valence-corrected chi connectivity index (χ0v) is 8.34. The molecule has 0 aromatic rings. The minimum absolute atomic E-state index is 0.123. The summed E-state index contributed by atoms with van der Waals surface area (Å²) in [6.45, 7) is 3.57. The van der Waals surface area contributed by atoms with E-state index in [9.17, 15) is 9.90 Å². The van der Waals surface area contributed by atoms with Gasteiger partial charge in [0.15, 0.2) is 0 Å². The molecule has 0 atom stereocenters. The van der Waals surface area contributed by atoms with Crippen molar-refractivity contribution in [2.45, 2.75) is 25.4 Å². The molecule has 1 aliphatic rings. The van der Waals surface area contributed by atoms with Crippen molar-refractivity contribution in [1.82, 2.24) is 10.2 Å². The summed E-state index contributed by atoms with van der Waals surface area (Å²) in [6.07, 6.45) is 1.37. The fourth-order valence-corrected chi connectivity index (χ4v) is 1.50. The molecule has 2 N–H and O–H groups in total. The van der Waals surface area contributed by atoms with Crippen molar-refractivity contribution in [2.24, 2.45) is 0 Å². The number of likely N-dealkylation sites (tertiary alicyclic amines) is 1. The first-order valence-electron chi connectivity index (χ1n) is 4.70. The van der Waals surface area contributed by atoms with Crippen LogP contribution in [-0.4, -0.2) is 48.2 Å². The van der Waals surface area contributed by atoms with Gasteiger partial charge in [-0.1, -0.05) is 0 Å². The summed E-state index contributed by atoms with van der Waals surface area (Å²) in [5.41, 5.74) is -0.573. The van der Waals surface area contributed by atoms with Crippen LogP contribution in [0, 0.1) is 0 Å². The highest BCUT2D eigenvalue weighted by atomic mass is 16.3. The van der Waals surface area contributed by atoms with E-state index >= 15 is 0 Å². The third-order valence-corrected chi connectivity index (χ3v) is 2.52. The zero-order chi connectivity index (χ0) is 9.90. The van der Waals surface area contributed by atoms with E-state index in [-0.39, 0.29) is 5.91 Å². The molecule has 0 spiro atoms. The normalized spacial score (nSPS) is 21.6. The van der Waals surface area contributed by atoms with Crippen LogP contribution >= 0.6 is 0 Å². The average Bonchev–Trinajstić information content (AvgIpc) is 2.04. The Bertz CT molecular complexity index is 182. The Morgan fingerprint density at radius 2 is 2.08 bits per heavy atom. The monoisotopic (exact) mass is 186 g/mol. The topological polar surface area (TPSA) is 52.6 Å². The molecule has 1 fully saturated rings. The van der Waals surface area contributed by atoms with Crippen LogP contribution < -0.4 is 5.32 Å². The molecule has 1 rings (SSSR count). The van der Waals surface area contributed by atoms with Gasteiger partial charge >= 0.3 is 0 Å².